The molecule has 3 heteroatoms. The molecule has 17 heavy (non-hydrogen) atoms. The molecule has 0 saturated carbocycles. The molecule has 1 aromatic rings. The van der Waals surface area contributed by atoms with E-state index in [2.05, 4.69) is 37.1 Å². The Morgan fingerprint density at radius 1 is 1.47 bits per heavy atom. The van der Waals surface area contributed by atoms with E-state index in [1.165, 1.54) is 5.57 Å². The maximum Gasteiger partial charge on any atom is 0.212 e. The van der Waals surface area contributed by atoms with Crippen molar-refractivity contribution in [2.24, 2.45) is 5.92 Å². The van der Waals surface area contributed by atoms with Crippen LogP contribution >= 0.6 is 0 Å². The molecule has 0 saturated heterocycles. The molecule has 1 N–H and O–H groups in total. The van der Waals surface area contributed by atoms with E-state index in [1.54, 1.807) is 7.11 Å². The first-order valence-corrected chi connectivity index (χ1v) is 6.08. The number of likely N-dealkylation sites (N-methyl/N-ethyl adjacent to an activating group) is 1. The molecule has 94 valence electrons. The van der Waals surface area contributed by atoms with Crippen molar-refractivity contribution in [3.05, 3.63) is 29.5 Å². The Balaban J connectivity index is 2.80. The van der Waals surface area contributed by atoms with Gasteiger partial charge < -0.3 is 10.1 Å². The summed E-state index contributed by atoms with van der Waals surface area (Å²) < 4.78 is 5.04. The number of ether oxygens (including phenoxy) is 1. The molecule has 0 aromatic carbocycles. The van der Waals surface area contributed by atoms with Crippen LogP contribution in [0.1, 0.15) is 26.3 Å². The normalized spacial score (nSPS) is 11.9. The molecule has 0 aliphatic heterocycles. The maximum atomic E-state index is 5.04. The molecule has 0 fully saturated rings. The summed E-state index contributed by atoms with van der Waals surface area (Å²) in [5.74, 6) is 1.19. The van der Waals surface area contributed by atoms with E-state index in [0.717, 1.165) is 18.7 Å². The van der Waals surface area contributed by atoms with Crippen molar-refractivity contribution in [1.29, 1.82) is 0 Å². The van der Waals surface area contributed by atoms with Crippen LogP contribution in [0, 0.1) is 5.92 Å². The zero-order valence-electron chi connectivity index (χ0n) is 11.2. The molecule has 1 aromatic heterocycles. The minimum absolute atomic E-state index is 0.538. The van der Waals surface area contributed by atoms with Gasteiger partial charge in [-0.1, -0.05) is 32.4 Å². The fourth-order valence-electron chi connectivity index (χ4n) is 1.50. The van der Waals surface area contributed by atoms with Crippen LogP contribution < -0.4 is 10.1 Å². The summed E-state index contributed by atoms with van der Waals surface area (Å²) in [7, 11) is 1.63. The van der Waals surface area contributed by atoms with Gasteiger partial charge in [0.1, 0.15) is 0 Å². The quantitative estimate of drug-likeness (QED) is 0.821. The van der Waals surface area contributed by atoms with Gasteiger partial charge in [0, 0.05) is 18.8 Å². The van der Waals surface area contributed by atoms with Gasteiger partial charge in [0.2, 0.25) is 5.88 Å². The molecular weight excluding hydrogens is 212 g/mol. The lowest BCUT2D eigenvalue weighted by Crippen LogP contribution is -2.18. The smallest absolute Gasteiger partial charge is 0.212 e. The Labute approximate surface area is 104 Å². The highest BCUT2D eigenvalue weighted by molar-refractivity contribution is 5.53. The number of methoxy groups -OCH3 is 1. The van der Waals surface area contributed by atoms with Crippen molar-refractivity contribution >= 4 is 6.08 Å². The number of aromatic nitrogens is 1. The van der Waals surface area contributed by atoms with Crippen LogP contribution in [0.4, 0.5) is 0 Å². The van der Waals surface area contributed by atoms with Gasteiger partial charge in [-0.2, -0.15) is 0 Å². The van der Waals surface area contributed by atoms with Gasteiger partial charge in [-0.15, -0.1) is 0 Å². The Morgan fingerprint density at radius 2 is 2.24 bits per heavy atom. The van der Waals surface area contributed by atoms with E-state index >= 15 is 0 Å². The van der Waals surface area contributed by atoms with E-state index in [9.17, 15) is 0 Å². The topological polar surface area (TPSA) is 34.1 Å². The molecule has 0 aliphatic rings. The standard InChI is InChI=1S/C14H22N2O/c1-5-15-10-13(11(2)3)8-12-6-7-14(17-4)16-9-12/h6-9,11,15H,5,10H2,1-4H3/b13-8-. The zero-order chi connectivity index (χ0) is 12.7. The number of rotatable bonds is 6. The van der Waals surface area contributed by atoms with Gasteiger partial charge in [0.25, 0.3) is 0 Å². The number of hydrogen-bond acceptors (Lipinski definition) is 3. The van der Waals surface area contributed by atoms with Crippen molar-refractivity contribution in [2.75, 3.05) is 20.2 Å². The van der Waals surface area contributed by atoms with Crippen LogP contribution in [0.3, 0.4) is 0 Å². The van der Waals surface area contributed by atoms with Gasteiger partial charge in [0.05, 0.1) is 7.11 Å². The maximum absolute atomic E-state index is 5.04. The van der Waals surface area contributed by atoms with Crippen LogP contribution in [-0.2, 0) is 0 Å². The Kier molecular flexibility index (Phi) is 5.70. The number of nitrogens with one attached hydrogen (secondary N) is 1. The second-order valence-electron chi connectivity index (χ2n) is 4.29. The van der Waals surface area contributed by atoms with E-state index in [-0.39, 0.29) is 0 Å². The summed E-state index contributed by atoms with van der Waals surface area (Å²) in [5.41, 5.74) is 2.51. The second kappa shape index (κ2) is 7.07. The van der Waals surface area contributed by atoms with Gasteiger partial charge in [0.15, 0.2) is 0 Å². The fourth-order valence-corrected chi connectivity index (χ4v) is 1.50. The zero-order valence-corrected chi connectivity index (χ0v) is 11.2. The SMILES string of the molecule is CCNC/C(=C/c1ccc(OC)nc1)C(C)C. The monoisotopic (exact) mass is 234 g/mol. The first kappa shape index (κ1) is 13.7. The van der Waals surface area contributed by atoms with E-state index in [1.807, 2.05) is 18.3 Å². The third-order valence-electron chi connectivity index (χ3n) is 2.64. The molecule has 0 atom stereocenters. The Morgan fingerprint density at radius 3 is 2.71 bits per heavy atom. The summed E-state index contributed by atoms with van der Waals surface area (Å²) in [6.45, 7) is 8.46. The van der Waals surface area contributed by atoms with E-state index in [4.69, 9.17) is 4.74 Å². The van der Waals surface area contributed by atoms with Gasteiger partial charge in [-0.25, -0.2) is 4.98 Å². The van der Waals surface area contributed by atoms with Crippen molar-refractivity contribution in [1.82, 2.24) is 10.3 Å². The molecule has 0 unspecified atom stereocenters. The molecule has 0 bridgehead atoms. The van der Waals surface area contributed by atoms with Crippen LogP contribution in [0.15, 0.2) is 23.9 Å². The summed E-state index contributed by atoms with van der Waals surface area (Å²) in [5, 5.41) is 3.36. The minimum Gasteiger partial charge on any atom is -0.481 e. The summed E-state index contributed by atoms with van der Waals surface area (Å²) in [6.07, 6.45) is 4.03. The summed E-state index contributed by atoms with van der Waals surface area (Å²) >= 11 is 0. The molecule has 1 rings (SSSR count). The number of pyridine rings is 1. The third-order valence-corrected chi connectivity index (χ3v) is 2.64. The van der Waals surface area contributed by atoms with Crippen molar-refractivity contribution in [2.45, 2.75) is 20.8 Å². The van der Waals surface area contributed by atoms with E-state index in [0.29, 0.717) is 11.8 Å². The first-order chi connectivity index (χ1) is 8.17. The number of nitrogens with zero attached hydrogens (tertiary/aromatic N) is 1. The van der Waals surface area contributed by atoms with Crippen LogP contribution in [0.5, 0.6) is 5.88 Å². The Hall–Kier alpha value is -1.35. The molecular formula is C14H22N2O. The van der Waals surface area contributed by atoms with E-state index < -0.39 is 0 Å². The molecule has 0 aliphatic carbocycles. The molecule has 1 heterocycles. The predicted molar refractivity (Wildman–Crippen MR) is 72.1 cm³/mol. The minimum atomic E-state index is 0.538. The highest BCUT2D eigenvalue weighted by atomic mass is 16.5. The van der Waals surface area contributed by atoms with Gasteiger partial charge in [-0.05, 0) is 24.1 Å². The third kappa shape index (κ3) is 4.57. The van der Waals surface area contributed by atoms with Crippen LogP contribution in [-0.4, -0.2) is 25.2 Å². The first-order valence-electron chi connectivity index (χ1n) is 6.08. The highest BCUT2D eigenvalue weighted by Crippen LogP contribution is 2.15. The van der Waals surface area contributed by atoms with Gasteiger partial charge in [-0.3, -0.25) is 0 Å². The van der Waals surface area contributed by atoms with Crippen LogP contribution in [0.25, 0.3) is 6.08 Å². The summed E-state index contributed by atoms with van der Waals surface area (Å²) in [6, 6.07) is 3.91. The lowest BCUT2D eigenvalue weighted by Gasteiger charge is -2.12. The van der Waals surface area contributed by atoms with Gasteiger partial charge >= 0.3 is 0 Å². The molecule has 0 radical (unpaired) electrons. The lowest BCUT2D eigenvalue weighted by atomic mass is 10.0. The molecule has 3 nitrogen and oxygen atoms in total. The lowest BCUT2D eigenvalue weighted by molar-refractivity contribution is 0.398. The second-order valence-corrected chi connectivity index (χ2v) is 4.29. The summed E-state index contributed by atoms with van der Waals surface area (Å²) in [4.78, 5) is 4.20. The van der Waals surface area contributed by atoms with Crippen molar-refractivity contribution < 1.29 is 4.74 Å². The fraction of sp³-hybridized carbons (Fsp3) is 0.500. The average molecular weight is 234 g/mol. The Bertz CT molecular complexity index is 355. The highest BCUT2D eigenvalue weighted by Gasteiger charge is 2.03. The molecule has 0 spiro atoms. The number of hydrogen-bond donors (Lipinski definition) is 1. The largest absolute Gasteiger partial charge is 0.481 e. The van der Waals surface area contributed by atoms with Crippen molar-refractivity contribution in [3.63, 3.8) is 0 Å². The van der Waals surface area contributed by atoms with Crippen LogP contribution in [0.2, 0.25) is 0 Å². The van der Waals surface area contributed by atoms with Crippen molar-refractivity contribution in [3.8, 4) is 5.88 Å². The predicted octanol–water partition coefficient (Wildman–Crippen LogP) is 2.74. The average Bonchev–Trinajstić information content (AvgIpc) is 2.35. The molecule has 0 amide bonds.